The van der Waals surface area contributed by atoms with E-state index in [1.807, 2.05) is 36.4 Å². The number of benzene rings is 3. The number of nitrogens with one attached hydrogen (secondary N) is 3. The highest BCUT2D eigenvalue weighted by Crippen LogP contribution is 2.35. The van der Waals surface area contributed by atoms with Gasteiger partial charge < -0.3 is 29.6 Å². The summed E-state index contributed by atoms with van der Waals surface area (Å²) in [6, 6.07) is 18.2. The van der Waals surface area contributed by atoms with Crippen molar-refractivity contribution in [3.63, 3.8) is 0 Å². The standard InChI is InChI=1S/C31H30I2N4O6S/c1-4-41-30(39)27-18(2)35-31(44)36-28(27)22-7-5-6-8-24(22)42-17-26(38)37-34-15-20-13-23(33)29(25(14-20)40-3)43-16-19-9-11-21(32)12-10-19/h5-15,28H,4,16-17H2,1-3H3,(H,37,38)(H2,35,36,44)/t28-/m0/s1. The summed E-state index contributed by atoms with van der Waals surface area (Å²) in [4.78, 5) is 25.4. The number of esters is 1. The average molecular weight is 840 g/mol. The van der Waals surface area contributed by atoms with E-state index in [1.54, 1.807) is 45.2 Å². The zero-order valence-electron chi connectivity index (χ0n) is 24.1. The van der Waals surface area contributed by atoms with Gasteiger partial charge in [-0.3, -0.25) is 4.79 Å². The molecule has 1 aliphatic heterocycles. The maximum atomic E-state index is 12.8. The lowest BCUT2D eigenvalue weighted by Gasteiger charge is -2.30. The molecule has 1 aliphatic rings. The van der Waals surface area contributed by atoms with E-state index in [2.05, 4.69) is 66.3 Å². The summed E-state index contributed by atoms with van der Waals surface area (Å²) in [7, 11) is 1.57. The minimum atomic E-state index is -0.624. The van der Waals surface area contributed by atoms with Gasteiger partial charge in [0.15, 0.2) is 23.2 Å². The van der Waals surface area contributed by atoms with Gasteiger partial charge in [-0.2, -0.15) is 5.10 Å². The predicted octanol–water partition coefficient (Wildman–Crippen LogP) is 5.37. The van der Waals surface area contributed by atoms with Crippen LogP contribution >= 0.6 is 57.4 Å². The normalized spacial score (nSPS) is 14.5. The van der Waals surface area contributed by atoms with Crippen LogP contribution in [0.2, 0.25) is 0 Å². The quantitative estimate of drug-likeness (QED) is 0.0728. The van der Waals surface area contributed by atoms with Gasteiger partial charge in [-0.15, -0.1) is 0 Å². The first-order valence-corrected chi connectivity index (χ1v) is 16.0. The van der Waals surface area contributed by atoms with Gasteiger partial charge in [0.05, 0.1) is 35.1 Å². The summed E-state index contributed by atoms with van der Waals surface area (Å²) >= 11 is 9.76. The van der Waals surface area contributed by atoms with Crippen molar-refractivity contribution < 1.29 is 28.5 Å². The second-order valence-electron chi connectivity index (χ2n) is 9.36. The number of nitrogens with zero attached hydrogens (tertiary/aromatic N) is 1. The van der Waals surface area contributed by atoms with Crippen molar-refractivity contribution in [3.05, 3.63) is 95.8 Å². The van der Waals surface area contributed by atoms with Crippen LogP contribution < -0.4 is 30.3 Å². The third kappa shape index (κ3) is 8.81. The zero-order chi connectivity index (χ0) is 31.6. The molecule has 0 spiro atoms. The fourth-order valence-corrected chi connectivity index (χ4v) is 5.71. The van der Waals surface area contributed by atoms with Crippen LogP contribution in [0.1, 0.15) is 36.6 Å². The lowest BCUT2D eigenvalue weighted by atomic mass is 9.95. The first-order valence-electron chi connectivity index (χ1n) is 13.4. The molecule has 3 aromatic rings. The van der Waals surface area contributed by atoms with E-state index in [0.717, 1.165) is 12.7 Å². The van der Waals surface area contributed by atoms with Gasteiger partial charge in [0.1, 0.15) is 12.4 Å². The molecular weight excluding hydrogens is 810 g/mol. The number of para-hydroxylation sites is 1. The summed E-state index contributed by atoms with van der Waals surface area (Å²) in [6.07, 6.45) is 1.51. The van der Waals surface area contributed by atoms with Crippen molar-refractivity contribution in [2.45, 2.75) is 26.5 Å². The van der Waals surface area contributed by atoms with E-state index < -0.39 is 17.9 Å². The number of hydrogen-bond donors (Lipinski definition) is 3. The van der Waals surface area contributed by atoms with Crippen LogP contribution in [0.3, 0.4) is 0 Å². The van der Waals surface area contributed by atoms with Crippen molar-refractivity contribution in [2.75, 3.05) is 20.3 Å². The molecule has 0 aromatic heterocycles. The summed E-state index contributed by atoms with van der Waals surface area (Å²) in [5.41, 5.74) is 5.82. The third-order valence-corrected chi connectivity index (χ3v) is 8.04. The van der Waals surface area contributed by atoms with Crippen LogP contribution in [0.25, 0.3) is 0 Å². The van der Waals surface area contributed by atoms with E-state index >= 15 is 0 Å². The highest BCUT2D eigenvalue weighted by Gasteiger charge is 2.32. The lowest BCUT2D eigenvalue weighted by Crippen LogP contribution is -2.45. The van der Waals surface area contributed by atoms with E-state index in [9.17, 15) is 9.59 Å². The van der Waals surface area contributed by atoms with E-state index in [-0.39, 0.29) is 13.2 Å². The zero-order valence-corrected chi connectivity index (χ0v) is 29.2. The highest BCUT2D eigenvalue weighted by atomic mass is 127. The number of allylic oxidation sites excluding steroid dienone is 1. The van der Waals surface area contributed by atoms with E-state index in [0.29, 0.717) is 51.4 Å². The molecule has 230 valence electrons. The molecule has 3 aromatic carbocycles. The molecule has 44 heavy (non-hydrogen) atoms. The second-order valence-corrected chi connectivity index (χ2v) is 12.2. The molecule has 1 amide bonds. The van der Waals surface area contributed by atoms with Crippen molar-refractivity contribution in [3.8, 4) is 17.2 Å². The van der Waals surface area contributed by atoms with Crippen LogP contribution in [0.4, 0.5) is 0 Å². The molecule has 0 fully saturated rings. The number of rotatable bonds is 12. The molecule has 0 saturated heterocycles. The SMILES string of the molecule is CCOC(=O)C1=C(C)NC(=S)N[C@H]1c1ccccc1OCC(=O)NN=Cc1cc(I)c(OCc2ccc(I)cc2)c(OC)c1. The molecule has 0 aliphatic carbocycles. The minimum absolute atomic E-state index is 0.225. The Hall–Kier alpha value is -3.44. The topological polar surface area (TPSA) is 120 Å². The molecule has 0 saturated carbocycles. The molecule has 0 radical (unpaired) electrons. The van der Waals surface area contributed by atoms with Crippen LogP contribution in [0.5, 0.6) is 17.2 Å². The Kier molecular flexibility index (Phi) is 12.2. The summed E-state index contributed by atoms with van der Waals surface area (Å²) in [5.74, 6) is 0.633. The van der Waals surface area contributed by atoms with Crippen molar-refractivity contribution >= 4 is 80.6 Å². The first kappa shape index (κ1) is 33.5. The molecule has 3 N–H and O–H groups in total. The molecular formula is C31H30I2N4O6S. The summed E-state index contributed by atoms with van der Waals surface area (Å²) in [6.45, 7) is 3.81. The maximum Gasteiger partial charge on any atom is 0.338 e. The number of carbonyl (C=O) groups is 2. The summed E-state index contributed by atoms with van der Waals surface area (Å²) in [5, 5.41) is 10.5. The van der Waals surface area contributed by atoms with Gasteiger partial charge in [0, 0.05) is 14.8 Å². The Morgan fingerprint density at radius 2 is 1.82 bits per heavy atom. The molecule has 4 rings (SSSR count). The first-order chi connectivity index (χ1) is 21.2. The molecule has 0 unspecified atom stereocenters. The van der Waals surface area contributed by atoms with Crippen LogP contribution in [0.15, 0.2) is 77.0 Å². The van der Waals surface area contributed by atoms with Crippen molar-refractivity contribution in [2.24, 2.45) is 5.10 Å². The Bertz CT molecular complexity index is 1600. The number of hydrazone groups is 1. The number of ether oxygens (including phenoxy) is 4. The Balaban J connectivity index is 1.39. The fraction of sp³-hybridized carbons (Fsp3) is 0.226. The van der Waals surface area contributed by atoms with Gasteiger partial charge in [-0.1, -0.05) is 30.3 Å². The van der Waals surface area contributed by atoms with Gasteiger partial charge in [-0.05, 0) is 113 Å². The number of carbonyl (C=O) groups excluding carboxylic acids is 2. The fourth-order valence-electron chi connectivity index (χ4n) is 4.30. The number of methoxy groups -OCH3 is 1. The minimum Gasteiger partial charge on any atom is -0.493 e. The second kappa shape index (κ2) is 16.0. The van der Waals surface area contributed by atoms with Crippen LogP contribution in [0, 0.1) is 7.14 Å². The van der Waals surface area contributed by atoms with Crippen LogP contribution in [-0.4, -0.2) is 43.5 Å². The lowest BCUT2D eigenvalue weighted by molar-refractivity contribution is -0.139. The molecule has 13 heteroatoms. The van der Waals surface area contributed by atoms with Gasteiger partial charge in [-0.25, -0.2) is 10.2 Å². The van der Waals surface area contributed by atoms with Crippen molar-refractivity contribution in [1.29, 1.82) is 0 Å². The monoisotopic (exact) mass is 840 g/mol. The average Bonchev–Trinajstić information content (AvgIpc) is 3.00. The Morgan fingerprint density at radius 1 is 1.07 bits per heavy atom. The smallest absolute Gasteiger partial charge is 0.338 e. The molecule has 1 heterocycles. The molecule has 1 atom stereocenters. The van der Waals surface area contributed by atoms with E-state index in [1.165, 1.54) is 6.21 Å². The number of halogens is 2. The van der Waals surface area contributed by atoms with E-state index in [4.69, 9.17) is 31.2 Å². The Labute approximate surface area is 288 Å². The Morgan fingerprint density at radius 3 is 2.55 bits per heavy atom. The third-order valence-electron chi connectivity index (χ3n) is 6.30. The number of hydrogen-bond acceptors (Lipinski definition) is 8. The summed E-state index contributed by atoms with van der Waals surface area (Å²) < 4.78 is 24.7. The van der Waals surface area contributed by atoms with Gasteiger partial charge >= 0.3 is 5.97 Å². The highest BCUT2D eigenvalue weighted by molar-refractivity contribution is 14.1. The largest absolute Gasteiger partial charge is 0.493 e. The van der Waals surface area contributed by atoms with Gasteiger partial charge in [0.25, 0.3) is 5.91 Å². The van der Waals surface area contributed by atoms with Crippen LogP contribution in [-0.2, 0) is 20.9 Å². The molecule has 10 nitrogen and oxygen atoms in total. The number of thiocarbonyl (C=S) groups is 1. The maximum absolute atomic E-state index is 12.8. The predicted molar refractivity (Wildman–Crippen MR) is 188 cm³/mol. The van der Waals surface area contributed by atoms with Gasteiger partial charge in [0.2, 0.25) is 0 Å². The molecule has 0 bridgehead atoms. The van der Waals surface area contributed by atoms with Crippen molar-refractivity contribution in [1.82, 2.24) is 16.1 Å². The number of amides is 1.